The molecule has 0 aliphatic rings. The molecule has 5 heterocycles. The van der Waals surface area contributed by atoms with Crippen LogP contribution in [0.2, 0.25) is 0 Å². The van der Waals surface area contributed by atoms with Gasteiger partial charge in [0.15, 0.2) is 0 Å². The first-order chi connectivity index (χ1) is 20.4. The van der Waals surface area contributed by atoms with Crippen LogP contribution < -0.4 is 0 Å². The number of thiophene rings is 1. The standard InChI is InChI=1S/C12H12N2.C10H8N2.C9H7S.2CNS.CH4.Ru.2Y/c1-9-3-5-13-11(7-9)12-8-10(2)4-6-14-12;1-3-7-11-9(5-1)10-6-2-4-8-12-10;1-7-9-5-3-2-4-8(9)6-10-7;2*2-1-3;;;;/h3-8H,1-2H3;1-8H;2-5H,1H3;;;1H4;;;/q;;3*-1;;+2;;. The summed E-state index contributed by atoms with van der Waals surface area (Å²) in [6, 6.07) is 28.0. The summed E-state index contributed by atoms with van der Waals surface area (Å²) in [6.07, 6.45) is 7.16. The van der Waals surface area contributed by atoms with Gasteiger partial charge in [-0.15, -0.1) is 33.8 Å². The molecule has 0 spiro atoms. The molecule has 0 amide bonds. The van der Waals surface area contributed by atoms with E-state index in [1.165, 1.54) is 37.1 Å². The Morgan fingerprint density at radius 1 is 0.609 bits per heavy atom. The monoisotopic (exact) mass is 899 g/mol. The molecule has 0 saturated heterocycles. The molecule has 6 nitrogen and oxygen atoms in total. The molecule has 6 aromatic rings. The van der Waals surface area contributed by atoms with Gasteiger partial charge in [0.05, 0.1) is 22.8 Å². The van der Waals surface area contributed by atoms with Crippen molar-refractivity contribution in [3.63, 3.8) is 0 Å². The van der Waals surface area contributed by atoms with Crippen LogP contribution >= 0.6 is 35.8 Å². The number of hydrogen-bond donors (Lipinski definition) is 0. The Bertz CT molecular complexity index is 1630. The molecule has 0 unspecified atom stereocenters. The van der Waals surface area contributed by atoms with Crippen molar-refractivity contribution in [2.45, 2.75) is 28.2 Å². The maximum absolute atomic E-state index is 7.13. The minimum atomic E-state index is 0. The Morgan fingerprint density at radius 2 is 1.00 bits per heavy atom. The van der Waals surface area contributed by atoms with Gasteiger partial charge in [-0.25, -0.2) is 0 Å². The quantitative estimate of drug-likeness (QED) is 0.0744. The Kier molecular flexibility index (Phi) is 31.0. The van der Waals surface area contributed by atoms with Gasteiger partial charge in [0, 0.05) is 90.2 Å². The van der Waals surface area contributed by atoms with Gasteiger partial charge in [0.2, 0.25) is 0 Å². The maximum Gasteiger partial charge on any atom is 2.00 e. The van der Waals surface area contributed by atoms with E-state index in [4.69, 9.17) is 10.8 Å². The molecular weight excluding hydrogens is 867 g/mol. The molecule has 0 atom stereocenters. The second kappa shape index (κ2) is 29.4. The molecule has 5 aromatic heterocycles. The second-order valence-electron chi connectivity index (χ2n) is 8.36. The second-order valence-corrected chi connectivity index (χ2v) is 9.74. The first-order valence-corrected chi connectivity index (χ1v) is 14.1. The zero-order valence-electron chi connectivity index (χ0n) is 24.8. The van der Waals surface area contributed by atoms with Crippen LogP contribution in [-0.4, -0.2) is 30.3 Å². The normalized spacial score (nSPS) is 8.24. The van der Waals surface area contributed by atoms with Gasteiger partial charge in [-0.05, 0) is 73.5 Å². The summed E-state index contributed by atoms with van der Waals surface area (Å²) in [5.74, 6) is 0. The van der Waals surface area contributed by atoms with E-state index in [-0.39, 0.29) is 92.3 Å². The van der Waals surface area contributed by atoms with E-state index in [9.17, 15) is 0 Å². The van der Waals surface area contributed by atoms with Crippen molar-refractivity contribution in [2.75, 3.05) is 0 Å². The summed E-state index contributed by atoms with van der Waals surface area (Å²) in [4.78, 5) is 18.3. The number of pyridine rings is 4. The minimum Gasteiger partial charge on any atom is -0.753 e. The fraction of sp³-hybridized carbons (Fsp3) is 0.118. The number of fused-ring (bicyclic) bond motifs is 1. The predicted octanol–water partition coefficient (Wildman–Crippen LogP) is 9.86. The van der Waals surface area contributed by atoms with Crippen molar-refractivity contribution >= 4 is 56.9 Å². The van der Waals surface area contributed by atoms with Crippen molar-refractivity contribution in [1.82, 2.24) is 19.9 Å². The van der Waals surface area contributed by atoms with Crippen LogP contribution in [0, 0.1) is 26.2 Å². The number of isothiocyanates is 2. The Hall–Kier alpha value is -1.79. The fourth-order valence-electron chi connectivity index (χ4n) is 3.45. The Labute approximate surface area is 350 Å². The minimum absolute atomic E-state index is 0. The topological polar surface area (TPSA) is 96.2 Å². The van der Waals surface area contributed by atoms with Crippen molar-refractivity contribution < 1.29 is 84.9 Å². The summed E-state index contributed by atoms with van der Waals surface area (Å²) < 4.78 is 0. The van der Waals surface area contributed by atoms with E-state index in [1.54, 1.807) is 23.7 Å². The third-order valence-electron chi connectivity index (χ3n) is 5.31. The van der Waals surface area contributed by atoms with Crippen LogP contribution in [0.5, 0.6) is 0 Å². The molecule has 0 N–H and O–H groups in total. The van der Waals surface area contributed by atoms with Gasteiger partial charge in [-0.3, -0.25) is 31.3 Å². The van der Waals surface area contributed by atoms with Crippen LogP contribution in [-0.2, 0) is 84.9 Å². The van der Waals surface area contributed by atoms with Gasteiger partial charge in [0.1, 0.15) is 0 Å². The molecule has 0 bridgehead atoms. The predicted molar refractivity (Wildman–Crippen MR) is 188 cm³/mol. The van der Waals surface area contributed by atoms with Crippen LogP contribution in [0.25, 0.3) is 44.4 Å². The molecule has 0 saturated carbocycles. The molecular formula is C34H31N6RuS3Y2-. The number of benzene rings is 1. The van der Waals surface area contributed by atoms with Crippen molar-refractivity contribution in [3.05, 3.63) is 142 Å². The van der Waals surface area contributed by atoms with Gasteiger partial charge in [-0.1, -0.05) is 62.4 Å². The summed E-state index contributed by atoms with van der Waals surface area (Å²) >= 11 is 9.09. The third kappa shape index (κ3) is 18.5. The molecule has 12 heteroatoms. The summed E-state index contributed by atoms with van der Waals surface area (Å²) in [5, 5.41) is 22.7. The summed E-state index contributed by atoms with van der Waals surface area (Å²) in [6.45, 7) is 6.24. The van der Waals surface area contributed by atoms with Crippen LogP contribution in [0.4, 0.5) is 0 Å². The van der Waals surface area contributed by atoms with Gasteiger partial charge in [0.25, 0.3) is 0 Å². The summed E-state index contributed by atoms with van der Waals surface area (Å²) in [7, 11) is 0. The molecule has 0 aliphatic carbocycles. The zero-order valence-corrected chi connectivity index (χ0v) is 34.7. The average molecular weight is 899 g/mol. The largest absolute Gasteiger partial charge is 2.00 e. The molecule has 0 aliphatic heterocycles. The maximum atomic E-state index is 7.13. The number of aromatic nitrogens is 4. The number of thiocarbonyl (C=S) groups is 2. The van der Waals surface area contributed by atoms with Crippen molar-refractivity contribution in [2.24, 2.45) is 0 Å². The summed E-state index contributed by atoms with van der Waals surface area (Å²) in [5.41, 5.74) is 6.12. The van der Waals surface area contributed by atoms with E-state index in [2.05, 4.69) is 88.7 Å². The first-order valence-electron chi connectivity index (χ1n) is 12.5. The fourth-order valence-corrected chi connectivity index (χ4v) is 4.18. The molecule has 6 rings (SSSR count). The number of aryl methyl sites for hydroxylation is 3. The first kappa shape index (κ1) is 48.6. The van der Waals surface area contributed by atoms with Crippen molar-refractivity contribution in [1.29, 1.82) is 0 Å². The molecule has 2 radical (unpaired) electrons. The van der Waals surface area contributed by atoms with E-state index in [1.807, 2.05) is 79.1 Å². The molecule has 230 valence electrons. The Balaban J connectivity index is -0.000000537. The van der Waals surface area contributed by atoms with E-state index < -0.39 is 0 Å². The number of hydrogen-bond acceptors (Lipinski definition) is 7. The van der Waals surface area contributed by atoms with Crippen LogP contribution in [0.15, 0.2) is 110 Å². The van der Waals surface area contributed by atoms with Crippen LogP contribution in [0.3, 0.4) is 0 Å². The van der Waals surface area contributed by atoms with Crippen molar-refractivity contribution in [3.8, 4) is 22.8 Å². The zero-order chi connectivity index (χ0) is 30.6. The van der Waals surface area contributed by atoms with Gasteiger partial charge >= 0.3 is 19.5 Å². The Morgan fingerprint density at radius 3 is 1.37 bits per heavy atom. The third-order valence-corrected chi connectivity index (χ3v) is 6.15. The smallest absolute Gasteiger partial charge is 0.753 e. The number of rotatable bonds is 2. The van der Waals surface area contributed by atoms with E-state index in [0.717, 1.165) is 22.8 Å². The molecule has 0 fully saturated rings. The average Bonchev–Trinajstić information content (AvgIpc) is 3.40. The van der Waals surface area contributed by atoms with Gasteiger partial charge in [-0.2, -0.15) is 10.3 Å². The molecule has 46 heavy (non-hydrogen) atoms. The van der Waals surface area contributed by atoms with Gasteiger partial charge < -0.3 is 10.8 Å². The van der Waals surface area contributed by atoms with E-state index >= 15 is 0 Å². The number of nitrogens with zero attached hydrogens (tertiary/aromatic N) is 6. The molecule has 1 aromatic carbocycles. The van der Waals surface area contributed by atoms with E-state index in [0.29, 0.717) is 0 Å². The van der Waals surface area contributed by atoms with Crippen LogP contribution in [0.1, 0.15) is 23.4 Å². The SMILES string of the molecule is C.Cc1ccnc(-c2cc(C)ccn2)c1.Cc1s[c-]c2ccccc12.[N-]=C=S.[N-]=C=S.[Ru+2].[Y].[Y].c1ccc(-c2ccccn2)nc1.